The summed E-state index contributed by atoms with van der Waals surface area (Å²) in [4.78, 5) is 12.3. The first kappa shape index (κ1) is 18.4. The van der Waals surface area contributed by atoms with Crippen molar-refractivity contribution >= 4 is 5.91 Å². The van der Waals surface area contributed by atoms with Crippen molar-refractivity contribution in [2.24, 2.45) is 11.7 Å². The fourth-order valence-corrected chi connectivity index (χ4v) is 2.98. The quantitative estimate of drug-likeness (QED) is 0.799. The molecule has 7 heteroatoms. The number of rotatable bonds is 7. The van der Waals surface area contributed by atoms with Gasteiger partial charge in [-0.05, 0) is 32.3 Å². The first-order chi connectivity index (χ1) is 11.5. The number of hydrogen-bond donors (Lipinski definition) is 2. The second kappa shape index (κ2) is 8.82. The van der Waals surface area contributed by atoms with E-state index < -0.39 is 6.61 Å². The average molecular weight is 342 g/mol. The lowest BCUT2D eigenvalue weighted by molar-refractivity contribution is -0.126. The number of nitrogens with two attached hydrogens (primary N) is 1. The highest BCUT2D eigenvalue weighted by Gasteiger charge is 2.25. The Morgan fingerprint density at radius 3 is 2.88 bits per heavy atom. The van der Waals surface area contributed by atoms with Crippen LogP contribution in [-0.2, 0) is 11.3 Å². The van der Waals surface area contributed by atoms with Crippen LogP contribution in [0.4, 0.5) is 8.78 Å². The van der Waals surface area contributed by atoms with Crippen molar-refractivity contribution in [1.29, 1.82) is 0 Å². The standard InChI is InChI=1S/C17H24F2N2O3/c1-2-23-14-8-4-6-12(15(14)24-17(18)19)10-21-16(22)11-5-3-7-13(20)9-11/h4,6,8,11,13,17H,2-3,5,7,9-10,20H2,1H3,(H,21,22). The highest BCUT2D eigenvalue weighted by molar-refractivity contribution is 5.78. The lowest BCUT2D eigenvalue weighted by Crippen LogP contribution is -2.37. The Morgan fingerprint density at radius 1 is 1.42 bits per heavy atom. The number of amides is 1. The van der Waals surface area contributed by atoms with Crippen molar-refractivity contribution in [2.75, 3.05) is 6.61 Å². The number of ether oxygens (including phenoxy) is 2. The van der Waals surface area contributed by atoms with Gasteiger partial charge in [-0.3, -0.25) is 4.79 Å². The molecule has 3 N–H and O–H groups in total. The van der Waals surface area contributed by atoms with E-state index in [9.17, 15) is 13.6 Å². The Labute approximate surface area is 140 Å². The first-order valence-electron chi connectivity index (χ1n) is 8.24. The van der Waals surface area contributed by atoms with Gasteiger partial charge in [0.25, 0.3) is 0 Å². The summed E-state index contributed by atoms with van der Waals surface area (Å²) in [5, 5.41) is 2.80. The van der Waals surface area contributed by atoms with E-state index in [1.807, 2.05) is 0 Å². The molecule has 2 unspecified atom stereocenters. The Hall–Kier alpha value is -1.89. The lowest BCUT2D eigenvalue weighted by Gasteiger charge is -2.25. The molecule has 0 bridgehead atoms. The van der Waals surface area contributed by atoms with E-state index in [0.717, 1.165) is 19.3 Å². The lowest BCUT2D eigenvalue weighted by atomic mass is 9.85. The van der Waals surface area contributed by atoms with Gasteiger partial charge < -0.3 is 20.5 Å². The summed E-state index contributed by atoms with van der Waals surface area (Å²) in [5.41, 5.74) is 6.36. The van der Waals surface area contributed by atoms with Crippen molar-refractivity contribution in [3.05, 3.63) is 23.8 Å². The summed E-state index contributed by atoms with van der Waals surface area (Å²) < 4.78 is 35.3. The van der Waals surface area contributed by atoms with E-state index in [1.54, 1.807) is 25.1 Å². The number of benzene rings is 1. The van der Waals surface area contributed by atoms with Gasteiger partial charge in [-0.15, -0.1) is 0 Å². The minimum Gasteiger partial charge on any atom is -0.490 e. The summed E-state index contributed by atoms with van der Waals surface area (Å²) in [6.07, 6.45) is 3.33. The van der Waals surface area contributed by atoms with E-state index in [1.165, 1.54) is 0 Å². The van der Waals surface area contributed by atoms with Crippen LogP contribution in [0, 0.1) is 5.92 Å². The third-order valence-corrected chi connectivity index (χ3v) is 4.11. The van der Waals surface area contributed by atoms with Crippen molar-refractivity contribution < 1.29 is 23.0 Å². The minimum absolute atomic E-state index is 0.0324. The van der Waals surface area contributed by atoms with Gasteiger partial charge in [0.1, 0.15) is 0 Å². The fraction of sp³-hybridized carbons (Fsp3) is 0.588. The number of hydrogen-bond acceptors (Lipinski definition) is 4. The normalized spacial score (nSPS) is 20.7. The van der Waals surface area contributed by atoms with Crippen LogP contribution < -0.4 is 20.5 Å². The number of para-hydroxylation sites is 1. The van der Waals surface area contributed by atoms with E-state index >= 15 is 0 Å². The topological polar surface area (TPSA) is 73.6 Å². The Kier molecular flexibility index (Phi) is 6.78. The summed E-state index contributed by atoms with van der Waals surface area (Å²) in [7, 11) is 0. The van der Waals surface area contributed by atoms with Gasteiger partial charge in [-0.2, -0.15) is 8.78 Å². The first-order valence-corrected chi connectivity index (χ1v) is 8.24. The average Bonchev–Trinajstić information content (AvgIpc) is 2.54. The molecule has 0 radical (unpaired) electrons. The van der Waals surface area contributed by atoms with Crippen molar-refractivity contribution in [3.63, 3.8) is 0 Å². The van der Waals surface area contributed by atoms with Gasteiger partial charge in [0, 0.05) is 24.1 Å². The van der Waals surface area contributed by atoms with Crippen LogP contribution in [0.5, 0.6) is 11.5 Å². The second-order valence-electron chi connectivity index (χ2n) is 5.90. The fourth-order valence-electron chi connectivity index (χ4n) is 2.98. The molecule has 1 fully saturated rings. The second-order valence-corrected chi connectivity index (χ2v) is 5.90. The van der Waals surface area contributed by atoms with Gasteiger partial charge in [-0.1, -0.05) is 18.6 Å². The van der Waals surface area contributed by atoms with Crippen LogP contribution >= 0.6 is 0 Å². The number of carbonyl (C=O) groups excluding carboxylic acids is 1. The van der Waals surface area contributed by atoms with Crippen molar-refractivity contribution in [1.82, 2.24) is 5.32 Å². The molecule has 1 amide bonds. The predicted molar refractivity (Wildman–Crippen MR) is 86.0 cm³/mol. The summed E-state index contributed by atoms with van der Waals surface area (Å²) in [5.74, 6) is -0.0162. The van der Waals surface area contributed by atoms with Crippen molar-refractivity contribution in [2.45, 2.75) is 51.8 Å². The number of alkyl halides is 2. The molecule has 0 aliphatic heterocycles. The molecule has 2 rings (SSSR count). The molecule has 0 heterocycles. The van der Waals surface area contributed by atoms with Gasteiger partial charge in [0.05, 0.1) is 6.61 Å². The molecule has 134 valence electrons. The smallest absolute Gasteiger partial charge is 0.387 e. The Morgan fingerprint density at radius 2 is 2.21 bits per heavy atom. The summed E-state index contributed by atoms with van der Waals surface area (Å²) >= 11 is 0. The van der Waals surface area contributed by atoms with Gasteiger partial charge in [0.15, 0.2) is 11.5 Å². The largest absolute Gasteiger partial charge is 0.490 e. The molecule has 1 aliphatic carbocycles. The maximum atomic E-state index is 12.7. The number of halogens is 2. The minimum atomic E-state index is -2.96. The molecular weight excluding hydrogens is 318 g/mol. The third kappa shape index (κ3) is 5.06. The number of carbonyl (C=O) groups is 1. The Bertz CT molecular complexity index is 555. The van der Waals surface area contributed by atoms with E-state index in [2.05, 4.69) is 10.1 Å². The van der Waals surface area contributed by atoms with E-state index in [4.69, 9.17) is 10.5 Å². The van der Waals surface area contributed by atoms with Crippen LogP contribution in [0.2, 0.25) is 0 Å². The molecule has 1 saturated carbocycles. The van der Waals surface area contributed by atoms with Crippen LogP contribution in [0.25, 0.3) is 0 Å². The zero-order chi connectivity index (χ0) is 17.5. The molecule has 1 aliphatic rings. The summed E-state index contributed by atoms with van der Waals surface area (Å²) in [6.45, 7) is -0.770. The Balaban J connectivity index is 2.05. The molecule has 0 aromatic heterocycles. The predicted octanol–water partition coefficient (Wildman–Crippen LogP) is 2.82. The molecule has 0 spiro atoms. The molecule has 1 aromatic rings. The van der Waals surface area contributed by atoms with Crippen LogP contribution in [0.3, 0.4) is 0 Å². The third-order valence-electron chi connectivity index (χ3n) is 4.11. The maximum absolute atomic E-state index is 12.7. The monoisotopic (exact) mass is 342 g/mol. The molecule has 1 aromatic carbocycles. The van der Waals surface area contributed by atoms with Crippen LogP contribution in [-0.4, -0.2) is 25.2 Å². The van der Waals surface area contributed by atoms with E-state index in [-0.39, 0.29) is 35.9 Å². The molecule has 5 nitrogen and oxygen atoms in total. The highest BCUT2D eigenvalue weighted by atomic mass is 19.3. The van der Waals surface area contributed by atoms with Crippen molar-refractivity contribution in [3.8, 4) is 11.5 Å². The SMILES string of the molecule is CCOc1cccc(CNC(=O)C2CCCC(N)C2)c1OC(F)F. The van der Waals surface area contributed by atoms with Crippen LogP contribution in [0.1, 0.15) is 38.2 Å². The van der Waals surface area contributed by atoms with Gasteiger partial charge >= 0.3 is 6.61 Å². The van der Waals surface area contributed by atoms with Gasteiger partial charge in [-0.25, -0.2) is 0 Å². The van der Waals surface area contributed by atoms with E-state index in [0.29, 0.717) is 18.6 Å². The molecular formula is C17H24F2N2O3. The zero-order valence-electron chi connectivity index (χ0n) is 13.8. The maximum Gasteiger partial charge on any atom is 0.387 e. The zero-order valence-corrected chi connectivity index (χ0v) is 13.8. The summed E-state index contributed by atoms with van der Waals surface area (Å²) in [6, 6.07) is 4.93. The number of nitrogens with one attached hydrogen (secondary N) is 1. The highest BCUT2D eigenvalue weighted by Crippen LogP contribution is 2.33. The molecule has 0 saturated heterocycles. The van der Waals surface area contributed by atoms with Crippen LogP contribution in [0.15, 0.2) is 18.2 Å². The molecule has 24 heavy (non-hydrogen) atoms. The van der Waals surface area contributed by atoms with Gasteiger partial charge in [0.2, 0.25) is 5.91 Å². The molecule has 2 atom stereocenters.